The minimum Gasteiger partial charge on any atom is -0.461 e. The van der Waals surface area contributed by atoms with Crippen LogP contribution in [0.3, 0.4) is 0 Å². The fraction of sp³-hybridized carbons (Fsp3) is 0.357. The highest BCUT2D eigenvalue weighted by Gasteiger charge is 2.17. The number of rotatable bonds is 3. The van der Waals surface area contributed by atoms with Crippen LogP contribution in [0.4, 0.5) is 0 Å². The summed E-state index contributed by atoms with van der Waals surface area (Å²) in [5, 5.41) is 10.1. The topological polar surface area (TPSA) is 36.9 Å². The van der Waals surface area contributed by atoms with Gasteiger partial charge in [-0.1, -0.05) is 18.2 Å². The number of nitriles is 1. The Labute approximate surface area is 95.5 Å². The highest BCUT2D eigenvalue weighted by molar-refractivity contribution is 5.77. The summed E-state index contributed by atoms with van der Waals surface area (Å²) in [7, 11) is 0. The highest BCUT2D eigenvalue weighted by atomic mass is 16.3. The normalized spacial score (nSPS) is 11.6. The second kappa shape index (κ2) is 4.02. The molecule has 0 aliphatic heterocycles. The van der Waals surface area contributed by atoms with Crippen LogP contribution in [0, 0.1) is 16.7 Å². The van der Waals surface area contributed by atoms with Crippen LogP contribution in [0.2, 0.25) is 0 Å². The summed E-state index contributed by atoms with van der Waals surface area (Å²) in [4.78, 5) is 0. The summed E-state index contributed by atoms with van der Waals surface area (Å²) in [5.74, 6) is 0.963. The number of furan rings is 1. The lowest BCUT2D eigenvalue weighted by molar-refractivity contribution is 0.423. The molecule has 0 N–H and O–H groups in total. The van der Waals surface area contributed by atoms with Crippen molar-refractivity contribution in [2.45, 2.75) is 26.7 Å². The molecule has 1 aromatic carbocycles. The second-order valence-corrected chi connectivity index (χ2v) is 4.75. The molecule has 2 nitrogen and oxygen atoms in total. The monoisotopic (exact) mass is 213 g/mol. The lowest BCUT2D eigenvalue weighted by Crippen LogP contribution is -2.08. The van der Waals surface area contributed by atoms with Gasteiger partial charge in [-0.05, 0) is 32.4 Å². The Balaban J connectivity index is 2.14. The molecule has 0 saturated carbocycles. The van der Waals surface area contributed by atoms with Crippen LogP contribution < -0.4 is 0 Å². The van der Waals surface area contributed by atoms with Crippen LogP contribution in [0.25, 0.3) is 11.0 Å². The van der Waals surface area contributed by atoms with Gasteiger partial charge in [-0.2, -0.15) is 5.26 Å². The lowest BCUT2D eigenvalue weighted by Gasteiger charge is -2.12. The third kappa shape index (κ3) is 2.25. The van der Waals surface area contributed by atoms with Gasteiger partial charge in [0.25, 0.3) is 0 Å². The summed E-state index contributed by atoms with van der Waals surface area (Å²) < 4.78 is 5.70. The van der Waals surface area contributed by atoms with E-state index < -0.39 is 0 Å². The molecule has 2 rings (SSSR count). The Morgan fingerprint density at radius 2 is 2.06 bits per heavy atom. The Hall–Kier alpha value is -1.75. The average molecular weight is 213 g/mol. The van der Waals surface area contributed by atoms with Crippen molar-refractivity contribution in [1.29, 1.82) is 5.26 Å². The van der Waals surface area contributed by atoms with Gasteiger partial charge < -0.3 is 4.42 Å². The number of hydrogen-bond donors (Lipinski definition) is 0. The van der Waals surface area contributed by atoms with E-state index in [0.29, 0.717) is 0 Å². The molecule has 2 aromatic rings. The average Bonchev–Trinajstić information content (AvgIpc) is 2.69. The second-order valence-electron chi connectivity index (χ2n) is 4.75. The van der Waals surface area contributed by atoms with Gasteiger partial charge in [0.1, 0.15) is 11.3 Å². The predicted octanol–water partition coefficient (Wildman–Crippen LogP) is 3.92. The number of hydrogen-bond acceptors (Lipinski definition) is 2. The van der Waals surface area contributed by atoms with Gasteiger partial charge >= 0.3 is 0 Å². The Morgan fingerprint density at radius 1 is 1.31 bits per heavy atom. The molecule has 0 atom stereocenters. The summed E-state index contributed by atoms with van der Waals surface area (Å²) >= 11 is 0. The summed E-state index contributed by atoms with van der Waals surface area (Å²) in [6.07, 6.45) is 1.64. The van der Waals surface area contributed by atoms with Crippen LogP contribution in [0.1, 0.15) is 26.0 Å². The maximum absolute atomic E-state index is 8.93. The van der Waals surface area contributed by atoms with Crippen molar-refractivity contribution >= 4 is 11.0 Å². The molecule has 0 bridgehead atoms. The Morgan fingerprint density at radius 3 is 2.75 bits per heavy atom. The zero-order valence-electron chi connectivity index (χ0n) is 9.66. The SMILES string of the molecule is CC(C)(C#N)CCc1cc2ccccc2o1. The first-order valence-corrected chi connectivity index (χ1v) is 5.49. The van der Waals surface area contributed by atoms with Crippen molar-refractivity contribution in [3.8, 4) is 6.07 Å². The van der Waals surface area contributed by atoms with Gasteiger partial charge in [-0.25, -0.2) is 0 Å². The molecule has 0 amide bonds. The van der Waals surface area contributed by atoms with Gasteiger partial charge in [-0.15, -0.1) is 0 Å². The maximum atomic E-state index is 8.93. The van der Waals surface area contributed by atoms with Crippen molar-refractivity contribution in [3.63, 3.8) is 0 Å². The van der Waals surface area contributed by atoms with Crippen LogP contribution >= 0.6 is 0 Å². The molecule has 2 heteroatoms. The molecular formula is C14H15NO. The zero-order chi connectivity index (χ0) is 11.6. The molecule has 82 valence electrons. The van der Waals surface area contributed by atoms with E-state index >= 15 is 0 Å². The number of benzene rings is 1. The minimum absolute atomic E-state index is 0.279. The van der Waals surface area contributed by atoms with Crippen LogP contribution in [-0.4, -0.2) is 0 Å². The largest absolute Gasteiger partial charge is 0.461 e. The van der Waals surface area contributed by atoms with Gasteiger partial charge in [0.05, 0.1) is 11.5 Å². The summed E-state index contributed by atoms with van der Waals surface area (Å²) in [5.41, 5.74) is 0.645. The fourth-order valence-corrected chi connectivity index (χ4v) is 1.65. The van der Waals surface area contributed by atoms with E-state index in [0.717, 1.165) is 29.6 Å². The molecule has 16 heavy (non-hydrogen) atoms. The zero-order valence-corrected chi connectivity index (χ0v) is 9.66. The molecule has 1 heterocycles. The number of para-hydroxylation sites is 1. The van der Waals surface area contributed by atoms with Crippen molar-refractivity contribution in [2.75, 3.05) is 0 Å². The minimum atomic E-state index is -0.279. The lowest BCUT2D eigenvalue weighted by atomic mass is 9.89. The molecule has 0 aliphatic rings. The van der Waals surface area contributed by atoms with Crippen LogP contribution in [-0.2, 0) is 6.42 Å². The van der Waals surface area contributed by atoms with E-state index in [1.54, 1.807) is 0 Å². The van der Waals surface area contributed by atoms with Crippen LogP contribution in [0.5, 0.6) is 0 Å². The van der Waals surface area contributed by atoms with Gasteiger partial charge in [0, 0.05) is 11.8 Å². The number of fused-ring (bicyclic) bond motifs is 1. The third-order valence-corrected chi connectivity index (χ3v) is 2.78. The molecule has 0 unspecified atom stereocenters. The van der Waals surface area contributed by atoms with Crippen LogP contribution in [0.15, 0.2) is 34.7 Å². The highest BCUT2D eigenvalue weighted by Crippen LogP contribution is 2.25. The number of aryl methyl sites for hydroxylation is 1. The molecule has 1 aromatic heterocycles. The van der Waals surface area contributed by atoms with E-state index in [1.807, 2.05) is 38.1 Å². The molecule has 0 radical (unpaired) electrons. The van der Waals surface area contributed by atoms with E-state index in [-0.39, 0.29) is 5.41 Å². The van der Waals surface area contributed by atoms with E-state index in [2.05, 4.69) is 12.1 Å². The quantitative estimate of drug-likeness (QED) is 0.775. The number of nitrogens with zero attached hydrogens (tertiary/aromatic N) is 1. The first kappa shape index (κ1) is 10.8. The van der Waals surface area contributed by atoms with Crippen molar-refractivity contribution in [2.24, 2.45) is 5.41 Å². The summed E-state index contributed by atoms with van der Waals surface area (Å²) in [6.45, 7) is 3.91. The molecule has 0 spiro atoms. The standard InChI is InChI=1S/C14H15NO/c1-14(2,10-15)8-7-12-9-11-5-3-4-6-13(11)16-12/h3-6,9H,7-8H2,1-2H3. The van der Waals surface area contributed by atoms with E-state index in [4.69, 9.17) is 9.68 Å². The first-order valence-electron chi connectivity index (χ1n) is 5.49. The van der Waals surface area contributed by atoms with E-state index in [9.17, 15) is 0 Å². The third-order valence-electron chi connectivity index (χ3n) is 2.78. The Bertz CT molecular complexity index is 498. The van der Waals surface area contributed by atoms with Crippen molar-refractivity contribution in [3.05, 3.63) is 36.1 Å². The van der Waals surface area contributed by atoms with Gasteiger partial charge in [0.2, 0.25) is 0 Å². The van der Waals surface area contributed by atoms with Crippen molar-refractivity contribution < 1.29 is 4.42 Å². The van der Waals surface area contributed by atoms with Crippen molar-refractivity contribution in [1.82, 2.24) is 0 Å². The Kier molecular flexibility index (Phi) is 2.70. The van der Waals surface area contributed by atoms with E-state index in [1.165, 1.54) is 0 Å². The molecule has 0 fully saturated rings. The fourth-order valence-electron chi connectivity index (χ4n) is 1.65. The molecule has 0 saturated heterocycles. The maximum Gasteiger partial charge on any atom is 0.134 e. The predicted molar refractivity (Wildman–Crippen MR) is 63.9 cm³/mol. The summed E-state index contributed by atoms with van der Waals surface area (Å²) in [6, 6.07) is 12.3. The molecular weight excluding hydrogens is 198 g/mol. The smallest absolute Gasteiger partial charge is 0.134 e. The van der Waals surface area contributed by atoms with Gasteiger partial charge in [0.15, 0.2) is 0 Å². The van der Waals surface area contributed by atoms with Gasteiger partial charge in [-0.3, -0.25) is 0 Å². The molecule has 0 aliphatic carbocycles. The first-order chi connectivity index (χ1) is 7.61.